The van der Waals surface area contributed by atoms with Crippen LogP contribution in [-0.2, 0) is 14.8 Å². The molecule has 1 amide bonds. The van der Waals surface area contributed by atoms with Gasteiger partial charge in [0.2, 0.25) is 10.0 Å². The molecule has 9 heteroatoms. The van der Waals surface area contributed by atoms with Gasteiger partial charge in [0.15, 0.2) is 6.61 Å². The molecule has 0 bridgehead atoms. The summed E-state index contributed by atoms with van der Waals surface area (Å²) in [5, 5.41) is 11.1. The summed E-state index contributed by atoms with van der Waals surface area (Å²) < 4.78 is 31.3. The molecule has 0 atom stereocenters. The molecule has 0 heterocycles. The number of carboxylic acid groups (broad SMARTS) is 1. The van der Waals surface area contributed by atoms with Gasteiger partial charge in [0.05, 0.1) is 5.75 Å². The molecule has 0 radical (unpaired) electrons. The van der Waals surface area contributed by atoms with E-state index in [-0.39, 0.29) is 23.6 Å². The highest BCUT2D eigenvalue weighted by Gasteiger charge is 2.20. The molecule has 1 aliphatic rings. The largest absolute Gasteiger partial charge is 0.482 e. The van der Waals surface area contributed by atoms with Gasteiger partial charge in [0.25, 0.3) is 5.91 Å². The number of rotatable bonds is 10. The zero-order valence-electron chi connectivity index (χ0n) is 13.7. The smallest absolute Gasteiger partial charge is 0.341 e. The van der Waals surface area contributed by atoms with Gasteiger partial charge in [-0.15, -0.1) is 0 Å². The van der Waals surface area contributed by atoms with Crippen LogP contribution in [0.15, 0.2) is 24.3 Å². The van der Waals surface area contributed by atoms with Gasteiger partial charge in [-0.25, -0.2) is 17.9 Å². The molecular weight excluding hydrogens is 348 g/mol. The second-order valence-electron chi connectivity index (χ2n) is 5.93. The van der Waals surface area contributed by atoms with Crippen molar-refractivity contribution in [2.75, 3.05) is 25.4 Å². The third-order valence-corrected chi connectivity index (χ3v) is 5.28. The van der Waals surface area contributed by atoms with Crippen LogP contribution >= 0.6 is 0 Å². The molecule has 25 heavy (non-hydrogen) atoms. The molecule has 1 aliphatic carbocycles. The van der Waals surface area contributed by atoms with E-state index in [1.54, 1.807) is 6.07 Å². The SMILES string of the molecule is O=C(O)COc1cccc(C(=O)NCCS(=O)(=O)NCC2CCC2)c1. The number of sulfonamides is 1. The Balaban J connectivity index is 1.77. The van der Waals surface area contributed by atoms with E-state index in [1.807, 2.05) is 0 Å². The third-order valence-electron chi connectivity index (χ3n) is 3.93. The van der Waals surface area contributed by atoms with Gasteiger partial charge in [-0.05, 0) is 37.0 Å². The van der Waals surface area contributed by atoms with Gasteiger partial charge in [-0.2, -0.15) is 0 Å². The molecule has 138 valence electrons. The standard InChI is InChI=1S/C16H22N2O6S/c19-15(20)11-24-14-6-2-5-13(9-14)16(21)17-7-8-25(22,23)18-10-12-3-1-4-12/h2,5-6,9,12,18H,1,3-4,7-8,10-11H2,(H,17,21)(H,19,20). The van der Waals surface area contributed by atoms with E-state index in [9.17, 15) is 18.0 Å². The molecule has 1 aromatic carbocycles. The van der Waals surface area contributed by atoms with Crippen molar-refractivity contribution in [1.29, 1.82) is 0 Å². The Morgan fingerprint density at radius 2 is 2.04 bits per heavy atom. The number of benzene rings is 1. The predicted octanol–water partition coefficient (Wildman–Crippen LogP) is 0.599. The van der Waals surface area contributed by atoms with E-state index >= 15 is 0 Å². The van der Waals surface area contributed by atoms with E-state index in [1.165, 1.54) is 18.2 Å². The fraction of sp³-hybridized carbons (Fsp3) is 0.500. The second-order valence-corrected chi connectivity index (χ2v) is 7.86. The summed E-state index contributed by atoms with van der Waals surface area (Å²) >= 11 is 0. The van der Waals surface area contributed by atoms with Crippen LogP contribution in [0.3, 0.4) is 0 Å². The molecule has 0 aromatic heterocycles. The Morgan fingerprint density at radius 3 is 2.68 bits per heavy atom. The number of hydrogen-bond acceptors (Lipinski definition) is 5. The second kappa shape index (κ2) is 8.82. The first-order chi connectivity index (χ1) is 11.9. The first-order valence-corrected chi connectivity index (χ1v) is 9.71. The van der Waals surface area contributed by atoms with Crippen LogP contribution in [0.25, 0.3) is 0 Å². The fourth-order valence-corrected chi connectivity index (χ4v) is 3.29. The molecule has 0 saturated heterocycles. The quantitative estimate of drug-likeness (QED) is 0.554. The van der Waals surface area contributed by atoms with Crippen molar-refractivity contribution in [1.82, 2.24) is 10.0 Å². The minimum absolute atomic E-state index is 0.0148. The third kappa shape index (κ3) is 6.71. The summed E-state index contributed by atoms with van der Waals surface area (Å²) in [4.78, 5) is 22.5. The van der Waals surface area contributed by atoms with Crippen molar-refractivity contribution >= 4 is 21.9 Å². The average Bonchev–Trinajstić information content (AvgIpc) is 2.51. The maximum atomic E-state index is 12.0. The number of carbonyl (C=O) groups excluding carboxylic acids is 1. The van der Waals surface area contributed by atoms with E-state index in [0.29, 0.717) is 12.5 Å². The lowest BCUT2D eigenvalue weighted by molar-refractivity contribution is -0.139. The molecular formula is C16H22N2O6S. The Kier molecular flexibility index (Phi) is 6.77. The van der Waals surface area contributed by atoms with Gasteiger partial charge in [0.1, 0.15) is 5.75 Å². The summed E-state index contributed by atoms with van der Waals surface area (Å²) in [6.07, 6.45) is 3.26. The summed E-state index contributed by atoms with van der Waals surface area (Å²) in [5.74, 6) is -1.08. The van der Waals surface area contributed by atoms with Crippen LogP contribution in [0, 0.1) is 5.92 Å². The van der Waals surface area contributed by atoms with Crippen LogP contribution in [-0.4, -0.2) is 50.9 Å². The summed E-state index contributed by atoms with van der Waals surface area (Å²) in [6, 6.07) is 6.03. The van der Waals surface area contributed by atoms with E-state index in [0.717, 1.165) is 19.3 Å². The van der Waals surface area contributed by atoms with Crippen LogP contribution in [0.4, 0.5) is 0 Å². The fourth-order valence-electron chi connectivity index (χ4n) is 2.29. The van der Waals surface area contributed by atoms with Gasteiger partial charge >= 0.3 is 5.97 Å². The predicted molar refractivity (Wildman–Crippen MR) is 91.0 cm³/mol. The summed E-state index contributed by atoms with van der Waals surface area (Å²) in [5.41, 5.74) is 0.266. The zero-order valence-corrected chi connectivity index (χ0v) is 14.5. The summed E-state index contributed by atoms with van der Waals surface area (Å²) in [7, 11) is -3.41. The number of hydrogen-bond donors (Lipinski definition) is 3. The number of carboxylic acids is 1. The highest BCUT2D eigenvalue weighted by atomic mass is 32.2. The molecule has 2 rings (SSSR count). The van der Waals surface area contributed by atoms with Crippen LogP contribution in [0.2, 0.25) is 0 Å². The van der Waals surface area contributed by atoms with Crippen molar-refractivity contribution in [3.8, 4) is 5.75 Å². The highest BCUT2D eigenvalue weighted by molar-refractivity contribution is 7.89. The average molecular weight is 370 g/mol. The maximum absolute atomic E-state index is 12.0. The maximum Gasteiger partial charge on any atom is 0.341 e. The molecule has 8 nitrogen and oxygen atoms in total. The van der Waals surface area contributed by atoms with Gasteiger partial charge in [-0.1, -0.05) is 12.5 Å². The Bertz CT molecular complexity index is 715. The first kappa shape index (κ1) is 19.2. The van der Waals surface area contributed by atoms with Crippen molar-refractivity contribution in [2.45, 2.75) is 19.3 Å². The van der Waals surface area contributed by atoms with Crippen LogP contribution < -0.4 is 14.8 Å². The number of amides is 1. The molecule has 1 fully saturated rings. The van der Waals surface area contributed by atoms with Gasteiger partial charge < -0.3 is 15.2 Å². The molecule has 0 aliphatic heterocycles. The van der Waals surface area contributed by atoms with Crippen molar-refractivity contribution in [2.24, 2.45) is 5.92 Å². The Morgan fingerprint density at radius 1 is 1.28 bits per heavy atom. The number of carbonyl (C=O) groups is 2. The van der Waals surface area contributed by atoms with E-state index in [2.05, 4.69) is 10.0 Å². The number of ether oxygens (including phenoxy) is 1. The van der Waals surface area contributed by atoms with Crippen molar-refractivity contribution in [3.05, 3.63) is 29.8 Å². The lowest BCUT2D eigenvalue weighted by Crippen LogP contribution is -2.37. The van der Waals surface area contributed by atoms with Gasteiger partial charge in [0, 0.05) is 18.7 Å². The van der Waals surface area contributed by atoms with Crippen LogP contribution in [0.5, 0.6) is 5.75 Å². The zero-order chi connectivity index (χ0) is 18.3. The Hall–Kier alpha value is -2.13. The molecule has 3 N–H and O–H groups in total. The van der Waals surface area contributed by atoms with E-state index < -0.39 is 28.5 Å². The molecule has 0 unspecified atom stereocenters. The normalized spacial score (nSPS) is 14.6. The minimum atomic E-state index is -3.41. The van der Waals surface area contributed by atoms with E-state index in [4.69, 9.17) is 9.84 Å². The molecule has 0 spiro atoms. The van der Waals surface area contributed by atoms with Gasteiger partial charge in [-0.3, -0.25) is 4.79 Å². The van der Waals surface area contributed by atoms with Crippen LogP contribution in [0.1, 0.15) is 29.6 Å². The molecule has 1 aromatic rings. The lowest BCUT2D eigenvalue weighted by Gasteiger charge is -2.25. The number of aliphatic carboxylic acids is 1. The van der Waals surface area contributed by atoms with Crippen molar-refractivity contribution < 1.29 is 27.9 Å². The minimum Gasteiger partial charge on any atom is -0.482 e. The molecule has 1 saturated carbocycles. The topological polar surface area (TPSA) is 122 Å². The van der Waals surface area contributed by atoms with Crippen molar-refractivity contribution in [3.63, 3.8) is 0 Å². The number of nitrogens with one attached hydrogen (secondary N) is 2. The Labute approximate surface area is 146 Å². The first-order valence-electron chi connectivity index (χ1n) is 8.06. The highest BCUT2D eigenvalue weighted by Crippen LogP contribution is 2.25. The lowest BCUT2D eigenvalue weighted by atomic mass is 9.86. The summed E-state index contributed by atoms with van der Waals surface area (Å²) in [6.45, 7) is -0.0612. The monoisotopic (exact) mass is 370 g/mol.